The van der Waals surface area contributed by atoms with Gasteiger partial charge < -0.3 is 21.1 Å². The van der Waals surface area contributed by atoms with Crippen molar-refractivity contribution in [3.63, 3.8) is 0 Å². The molecule has 0 amide bonds. The largest absolute Gasteiger partial charge is 0.478 e. The van der Waals surface area contributed by atoms with Gasteiger partial charge in [0, 0.05) is 25.3 Å². The first-order valence-corrected chi connectivity index (χ1v) is 5.65. The van der Waals surface area contributed by atoms with E-state index in [-0.39, 0.29) is 24.5 Å². The van der Waals surface area contributed by atoms with Gasteiger partial charge >= 0.3 is 5.97 Å². The SMILES string of the molecule is Nc1cccc(CN(CCO)CCO)c1C(=O)O. The maximum absolute atomic E-state index is 11.1. The van der Waals surface area contributed by atoms with Gasteiger partial charge in [0.2, 0.25) is 0 Å². The zero-order valence-corrected chi connectivity index (χ0v) is 10.0. The first kappa shape index (κ1) is 14.4. The molecule has 0 heterocycles. The molecule has 18 heavy (non-hydrogen) atoms. The zero-order chi connectivity index (χ0) is 13.5. The number of nitrogens with two attached hydrogens (primary N) is 1. The molecular weight excluding hydrogens is 236 g/mol. The van der Waals surface area contributed by atoms with Crippen molar-refractivity contribution >= 4 is 11.7 Å². The second-order valence-electron chi connectivity index (χ2n) is 3.91. The number of benzene rings is 1. The Morgan fingerprint density at radius 1 is 1.22 bits per heavy atom. The van der Waals surface area contributed by atoms with Gasteiger partial charge in [0.25, 0.3) is 0 Å². The number of hydrogen-bond acceptors (Lipinski definition) is 5. The highest BCUT2D eigenvalue weighted by Gasteiger charge is 2.15. The normalized spacial score (nSPS) is 10.8. The number of nitrogen functional groups attached to an aromatic ring is 1. The van der Waals surface area contributed by atoms with Crippen LogP contribution in [-0.2, 0) is 6.54 Å². The van der Waals surface area contributed by atoms with Gasteiger partial charge in [0.15, 0.2) is 0 Å². The third-order valence-electron chi connectivity index (χ3n) is 2.62. The predicted molar refractivity (Wildman–Crippen MR) is 67.3 cm³/mol. The van der Waals surface area contributed by atoms with E-state index in [1.54, 1.807) is 17.0 Å². The Morgan fingerprint density at radius 3 is 2.33 bits per heavy atom. The van der Waals surface area contributed by atoms with Crippen LogP contribution >= 0.6 is 0 Å². The van der Waals surface area contributed by atoms with Crippen LogP contribution in [0.3, 0.4) is 0 Å². The van der Waals surface area contributed by atoms with Crippen molar-refractivity contribution in [2.24, 2.45) is 0 Å². The topological polar surface area (TPSA) is 107 Å². The van der Waals surface area contributed by atoms with Gasteiger partial charge in [-0.1, -0.05) is 12.1 Å². The van der Waals surface area contributed by atoms with Crippen LogP contribution in [0.25, 0.3) is 0 Å². The Bertz CT molecular complexity index is 403. The third kappa shape index (κ3) is 3.69. The van der Waals surface area contributed by atoms with Gasteiger partial charge in [-0.15, -0.1) is 0 Å². The Labute approximate surface area is 105 Å². The van der Waals surface area contributed by atoms with E-state index in [4.69, 9.17) is 21.1 Å². The van der Waals surface area contributed by atoms with Crippen LogP contribution in [0.5, 0.6) is 0 Å². The number of carboxylic acids is 1. The van der Waals surface area contributed by atoms with Gasteiger partial charge in [-0.25, -0.2) is 4.79 Å². The van der Waals surface area contributed by atoms with Crippen LogP contribution < -0.4 is 5.73 Å². The van der Waals surface area contributed by atoms with Crippen molar-refractivity contribution in [2.75, 3.05) is 32.0 Å². The molecule has 0 spiro atoms. The lowest BCUT2D eigenvalue weighted by Gasteiger charge is -2.21. The molecule has 0 aliphatic carbocycles. The fourth-order valence-corrected chi connectivity index (χ4v) is 1.81. The maximum Gasteiger partial charge on any atom is 0.338 e. The van der Waals surface area contributed by atoms with Crippen LogP contribution in [-0.4, -0.2) is 52.5 Å². The molecule has 1 aromatic rings. The van der Waals surface area contributed by atoms with Gasteiger partial charge in [-0.2, -0.15) is 0 Å². The fraction of sp³-hybridized carbons (Fsp3) is 0.417. The van der Waals surface area contributed by atoms with E-state index in [2.05, 4.69) is 0 Å². The summed E-state index contributed by atoms with van der Waals surface area (Å²) in [5.74, 6) is -1.07. The van der Waals surface area contributed by atoms with Crippen molar-refractivity contribution < 1.29 is 20.1 Å². The summed E-state index contributed by atoms with van der Waals surface area (Å²) < 4.78 is 0. The number of aromatic carboxylic acids is 1. The van der Waals surface area contributed by atoms with Crippen molar-refractivity contribution in [3.05, 3.63) is 29.3 Å². The molecule has 0 aliphatic heterocycles. The first-order valence-electron chi connectivity index (χ1n) is 5.65. The molecule has 100 valence electrons. The number of carboxylic acid groups (broad SMARTS) is 1. The molecule has 0 saturated carbocycles. The Hall–Kier alpha value is -1.63. The maximum atomic E-state index is 11.1. The molecule has 6 heteroatoms. The van der Waals surface area contributed by atoms with Crippen LogP contribution in [0.1, 0.15) is 15.9 Å². The van der Waals surface area contributed by atoms with Crippen molar-refractivity contribution in [3.8, 4) is 0 Å². The van der Waals surface area contributed by atoms with Crippen LogP contribution in [0.2, 0.25) is 0 Å². The quantitative estimate of drug-likeness (QED) is 0.500. The number of carbonyl (C=O) groups is 1. The summed E-state index contributed by atoms with van der Waals surface area (Å²) >= 11 is 0. The second-order valence-corrected chi connectivity index (χ2v) is 3.91. The van der Waals surface area contributed by atoms with Crippen LogP contribution in [0, 0.1) is 0 Å². The minimum Gasteiger partial charge on any atom is -0.478 e. The zero-order valence-electron chi connectivity index (χ0n) is 10.0. The summed E-state index contributed by atoms with van der Waals surface area (Å²) in [5, 5.41) is 26.9. The number of rotatable bonds is 7. The molecule has 0 saturated heterocycles. The molecule has 0 unspecified atom stereocenters. The molecule has 5 N–H and O–H groups in total. The number of anilines is 1. The molecule has 0 radical (unpaired) electrons. The van der Waals surface area contributed by atoms with Crippen molar-refractivity contribution in [1.82, 2.24) is 4.90 Å². The average molecular weight is 254 g/mol. The fourth-order valence-electron chi connectivity index (χ4n) is 1.81. The Morgan fingerprint density at radius 2 is 1.83 bits per heavy atom. The van der Waals surface area contributed by atoms with Crippen molar-refractivity contribution in [1.29, 1.82) is 0 Å². The number of nitrogens with zero attached hydrogens (tertiary/aromatic N) is 1. The molecule has 0 atom stereocenters. The molecule has 1 rings (SSSR count). The smallest absolute Gasteiger partial charge is 0.338 e. The van der Waals surface area contributed by atoms with E-state index in [1.165, 1.54) is 6.07 Å². The lowest BCUT2D eigenvalue weighted by atomic mass is 10.0. The second kappa shape index (κ2) is 6.95. The van der Waals surface area contributed by atoms with Crippen LogP contribution in [0.15, 0.2) is 18.2 Å². The first-order chi connectivity index (χ1) is 8.60. The van der Waals surface area contributed by atoms with E-state index in [0.29, 0.717) is 25.2 Å². The van der Waals surface area contributed by atoms with Gasteiger partial charge in [-0.05, 0) is 11.6 Å². The van der Waals surface area contributed by atoms with Crippen molar-refractivity contribution in [2.45, 2.75) is 6.54 Å². The summed E-state index contributed by atoms with van der Waals surface area (Å²) in [6, 6.07) is 4.91. The summed E-state index contributed by atoms with van der Waals surface area (Å²) in [6.07, 6.45) is 0. The van der Waals surface area contributed by atoms with Crippen LogP contribution in [0.4, 0.5) is 5.69 Å². The molecule has 0 aromatic heterocycles. The number of aliphatic hydroxyl groups is 2. The van der Waals surface area contributed by atoms with E-state index < -0.39 is 5.97 Å². The third-order valence-corrected chi connectivity index (χ3v) is 2.62. The van der Waals surface area contributed by atoms with E-state index >= 15 is 0 Å². The minimum absolute atomic E-state index is 0.0509. The summed E-state index contributed by atoms with van der Waals surface area (Å²) in [4.78, 5) is 12.9. The highest BCUT2D eigenvalue weighted by atomic mass is 16.4. The number of hydrogen-bond donors (Lipinski definition) is 4. The number of aliphatic hydroxyl groups excluding tert-OH is 2. The summed E-state index contributed by atoms with van der Waals surface area (Å²) in [5.41, 5.74) is 6.52. The van der Waals surface area contributed by atoms with E-state index in [9.17, 15) is 4.79 Å². The van der Waals surface area contributed by atoms with Gasteiger partial charge in [0.05, 0.1) is 18.8 Å². The summed E-state index contributed by atoms with van der Waals surface area (Å²) in [7, 11) is 0. The van der Waals surface area contributed by atoms with Gasteiger partial charge in [-0.3, -0.25) is 4.90 Å². The lowest BCUT2D eigenvalue weighted by molar-refractivity contribution is 0.0695. The molecular formula is C12H18N2O4. The van der Waals surface area contributed by atoms with E-state index in [0.717, 1.165) is 0 Å². The Kier molecular flexibility index (Phi) is 5.57. The molecule has 0 aliphatic rings. The van der Waals surface area contributed by atoms with E-state index in [1.807, 2.05) is 0 Å². The molecule has 0 bridgehead atoms. The monoisotopic (exact) mass is 254 g/mol. The average Bonchev–Trinajstić information content (AvgIpc) is 2.29. The molecule has 0 fully saturated rings. The molecule has 6 nitrogen and oxygen atoms in total. The highest BCUT2D eigenvalue weighted by molar-refractivity contribution is 5.95. The predicted octanol–water partition coefficient (Wildman–Crippen LogP) is -0.246. The summed E-state index contributed by atoms with van der Waals surface area (Å²) in [6.45, 7) is 0.964. The standard InChI is InChI=1S/C12H18N2O4/c13-10-3-1-2-9(11(10)12(17)18)8-14(4-6-15)5-7-16/h1-3,15-16H,4-8,13H2,(H,17,18). The lowest BCUT2D eigenvalue weighted by Crippen LogP contribution is -2.30. The highest BCUT2D eigenvalue weighted by Crippen LogP contribution is 2.18. The Balaban J connectivity index is 2.94. The molecule has 1 aromatic carbocycles. The van der Waals surface area contributed by atoms with Gasteiger partial charge in [0.1, 0.15) is 0 Å². The minimum atomic E-state index is -1.07.